The first-order valence-corrected chi connectivity index (χ1v) is 4.78. The normalized spacial score (nSPS) is 11.6. The molecule has 7 nitrogen and oxygen atoms in total. The van der Waals surface area contributed by atoms with E-state index in [1.54, 1.807) is 0 Å². The van der Waals surface area contributed by atoms with Gasteiger partial charge in [0.25, 0.3) is 0 Å². The molecule has 0 amide bonds. The molecule has 0 heterocycles. The number of rotatable bonds is 6. The monoisotopic (exact) mass is 236 g/mol. The molecule has 96 valence electrons. The predicted octanol–water partition coefficient (Wildman–Crippen LogP) is -1.20. The Bertz CT molecular complexity index is 208. The van der Waals surface area contributed by atoms with Crippen LogP contribution in [0.1, 0.15) is 12.8 Å². The van der Waals surface area contributed by atoms with Crippen molar-refractivity contribution in [3.63, 3.8) is 0 Å². The van der Waals surface area contributed by atoms with E-state index in [0.29, 0.717) is 0 Å². The third-order valence-electron chi connectivity index (χ3n) is 1.46. The van der Waals surface area contributed by atoms with Crippen molar-refractivity contribution in [2.45, 2.75) is 18.9 Å². The first kappa shape index (κ1) is 17.2. The first-order valence-electron chi connectivity index (χ1n) is 4.78. The van der Waals surface area contributed by atoms with Crippen LogP contribution in [0, 0.1) is 0 Å². The van der Waals surface area contributed by atoms with E-state index in [9.17, 15) is 9.59 Å². The summed E-state index contributed by atoms with van der Waals surface area (Å²) >= 11 is 0. The molecule has 16 heavy (non-hydrogen) atoms. The lowest BCUT2D eigenvalue weighted by Gasteiger charge is -2.05. The number of nitrogens with two attached hydrogens (primary N) is 1. The molecule has 7 heteroatoms. The van der Waals surface area contributed by atoms with Crippen LogP contribution in [-0.2, 0) is 9.59 Å². The average Bonchev–Trinajstić information content (AvgIpc) is 2.14. The second-order valence-corrected chi connectivity index (χ2v) is 3.40. The summed E-state index contributed by atoms with van der Waals surface area (Å²) < 4.78 is 0. The van der Waals surface area contributed by atoms with Crippen LogP contribution in [0.25, 0.3) is 0 Å². The Morgan fingerprint density at radius 1 is 1.31 bits per heavy atom. The molecule has 0 rings (SSSR count). The Morgan fingerprint density at radius 2 is 1.81 bits per heavy atom. The average molecular weight is 236 g/mol. The highest BCUT2D eigenvalue weighted by molar-refractivity contribution is 5.79. The second kappa shape index (κ2) is 10.3. The van der Waals surface area contributed by atoms with E-state index in [4.69, 9.17) is 21.1 Å². The molecule has 0 saturated carbocycles. The second-order valence-electron chi connectivity index (χ2n) is 3.40. The van der Waals surface area contributed by atoms with Crippen molar-refractivity contribution < 1.29 is 24.9 Å². The van der Waals surface area contributed by atoms with Crippen LogP contribution in [-0.4, -0.2) is 65.4 Å². The minimum atomic E-state index is -1.79. The Balaban J connectivity index is 0. The molecule has 5 N–H and O–H groups in total. The standard InChI is InChI=1S/C5H14N2.C4H6O5/c1-7(2)5-3-4-6;5-2(4(8)9)1-3(6)7/h3-6H2,1-2H3;2,5H,1H2,(H,6,7)(H,8,9). The number of hydrogen-bond acceptors (Lipinski definition) is 5. The van der Waals surface area contributed by atoms with Crippen molar-refractivity contribution in [3.8, 4) is 0 Å². The van der Waals surface area contributed by atoms with Crippen molar-refractivity contribution in [2.24, 2.45) is 5.73 Å². The molecule has 0 aliphatic carbocycles. The maximum atomic E-state index is 9.72. The zero-order chi connectivity index (χ0) is 13.1. The number of carboxylic acid groups (broad SMARTS) is 2. The van der Waals surface area contributed by atoms with Crippen molar-refractivity contribution in [1.82, 2.24) is 4.90 Å². The number of aliphatic hydroxyl groups is 1. The predicted molar refractivity (Wildman–Crippen MR) is 58.1 cm³/mol. The maximum absolute atomic E-state index is 9.72. The fourth-order valence-electron chi connectivity index (χ4n) is 0.660. The van der Waals surface area contributed by atoms with Gasteiger partial charge in [-0.2, -0.15) is 0 Å². The van der Waals surface area contributed by atoms with E-state index in [2.05, 4.69) is 19.0 Å². The van der Waals surface area contributed by atoms with Crippen molar-refractivity contribution in [2.75, 3.05) is 27.2 Å². The van der Waals surface area contributed by atoms with Crippen LogP contribution in [0.4, 0.5) is 0 Å². The van der Waals surface area contributed by atoms with Gasteiger partial charge < -0.3 is 26.0 Å². The number of carbonyl (C=O) groups is 2. The van der Waals surface area contributed by atoms with Gasteiger partial charge >= 0.3 is 11.9 Å². The molecule has 0 aliphatic heterocycles. The van der Waals surface area contributed by atoms with Gasteiger partial charge in [0, 0.05) is 0 Å². The van der Waals surface area contributed by atoms with Crippen molar-refractivity contribution in [3.05, 3.63) is 0 Å². The minimum Gasteiger partial charge on any atom is -0.481 e. The fraction of sp³-hybridized carbons (Fsp3) is 0.778. The first-order chi connectivity index (χ1) is 7.31. The van der Waals surface area contributed by atoms with E-state index in [-0.39, 0.29) is 0 Å². The lowest BCUT2D eigenvalue weighted by atomic mass is 10.3. The molecule has 1 unspecified atom stereocenters. The molecule has 0 aromatic rings. The quantitative estimate of drug-likeness (QED) is 0.456. The van der Waals surface area contributed by atoms with Gasteiger partial charge in [-0.15, -0.1) is 0 Å². The summed E-state index contributed by atoms with van der Waals surface area (Å²) in [5.74, 6) is -2.85. The summed E-state index contributed by atoms with van der Waals surface area (Å²) in [7, 11) is 4.10. The van der Waals surface area contributed by atoms with Gasteiger partial charge in [-0.1, -0.05) is 0 Å². The summed E-state index contributed by atoms with van der Waals surface area (Å²) in [6.07, 6.45) is -1.44. The summed E-state index contributed by atoms with van der Waals surface area (Å²) in [4.78, 5) is 21.5. The molecule has 0 aliphatic rings. The SMILES string of the molecule is CN(C)CCCN.O=C(O)CC(O)C(=O)O. The Labute approximate surface area is 94.5 Å². The van der Waals surface area contributed by atoms with Gasteiger partial charge in [-0.3, -0.25) is 4.79 Å². The highest BCUT2D eigenvalue weighted by atomic mass is 16.4. The Hall–Kier alpha value is -1.18. The van der Waals surface area contributed by atoms with E-state index in [0.717, 1.165) is 19.5 Å². The maximum Gasteiger partial charge on any atom is 0.333 e. The smallest absolute Gasteiger partial charge is 0.333 e. The third kappa shape index (κ3) is 15.3. The summed E-state index contributed by atoms with van der Waals surface area (Å²) in [5, 5.41) is 24.1. The highest BCUT2D eigenvalue weighted by Crippen LogP contribution is 1.89. The van der Waals surface area contributed by atoms with E-state index >= 15 is 0 Å². The molecule has 1 atom stereocenters. The molecule has 0 bridgehead atoms. The van der Waals surface area contributed by atoms with E-state index in [1.807, 2.05) is 0 Å². The zero-order valence-corrected chi connectivity index (χ0v) is 9.59. The van der Waals surface area contributed by atoms with Crippen molar-refractivity contribution in [1.29, 1.82) is 0 Å². The number of nitrogens with zero attached hydrogens (tertiary/aromatic N) is 1. The fourth-order valence-corrected chi connectivity index (χ4v) is 0.660. The molecular weight excluding hydrogens is 216 g/mol. The van der Waals surface area contributed by atoms with Gasteiger partial charge in [0.2, 0.25) is 0 Å². The van der Waals surface area contributed by atoms with Gasteiger partial charge in [0.05, 0.1) is 6.42 Å². The molecule has 0 aromatic carbocycles. The van der Waals surface area contributed by atoms with Crippen LogP contribution < -0.4 is 5.73 Å². The Morgan fingerprint density at radius 3 is 1.94 bits per heavy atom. The van der Waals surface area contributed by atoms with Gasteiger partial charge in [0.15, 0.2) is 6.10 Å². The lowest BCUT2D eigenvalue weighted by Crippen LogP contribution is -2.22. The largest absolute Gasteiger partial charge is 0.481 e. The summed E-state index contributed by atoms with van der Waals surface area (Å²) in [6, 6.07) is 0. The molecule has 0 radical (unpaired) electrons. The number of aliphatic carboxylic acids is 2. The zero-order valence-electron chi connectivity index (χ0n) is 9.59. The van der Waals surface area contributed by atoms with Crippen LogP contribution in [0.5, 0.6) is 0 Å². The van der Waals surface area contributed by atoms with E-state index < -0.39 is 24.5 Å². The molecule has 0 aromatic heterocycles. The van der Waals surface area contributed by atoms with E-state index in [1.165, 1.54) is 0 Å². The number of aliphatic hydroxyl groups excluding tert-OH is 1. The minimum absolute atomic E-state index is 0.755. The van der Waals surface area contributed by atoms with Gasteiger partial charge in [-0.05, 0) is 33.6 Å². The van der Waals surface area contributed by atoms with Crippen LogP contribution >= 0.6 is 0 Å². The number of hydrogen-bond donors (Lipinski definition) is 4. The summed E-state index contributed by atoms with van der Waals surface area (Å²) in [6.45, 7) is 1.91. The molecular formula is C9H20N2O5. The van der Waals surface area contributed by atoms with Crippen LogP contribution in [0.15, 0.2) is 0 Å². The molecule has 0 saturated heterocycles. The van der Waals surface area contributed by atoms with Crippen LogP contribution in [0.2, 0.25) is 0 Å². The molecule has 0 spiro atoms. The topological polar surface area (TPSA) is 124 Å². The van der Waals surface area contributed by atoms with Crippen LogP contribution in [0.3, 0.4) is 0 Å². The third-order valence-corrected chi connectivity index (χ3v) is 1.46. The summed E-state index contributed by atoms with van der Waals surface area (Å²) in [5.41, 5.74) is 5.25. The highest BCUT2D eigenvalue weighted by Gasteiger charge is 2.16. The van der Waals surface area contributed by atoms with Crippen molar-refractivity contribution >= 4 is 11.9 Å². The Kier molecular flexibility index (Phi) is 11.1. The molecule has 0 fully saturated rings. The lowest BCUT2D eigenvalue weighted by molar-refractivity contribution is -0.152. The number of carboxylic acids is 2. The van der Waals surface area contributed by atoms with Gasteiger partial charge in [-0.25, -0.2) is 4.79 Å². The van der Waals surface area contributed by atoms with Gasteiger partial charge in [0.1, 0.15) is 0 Å².